The summed E-state index contributed by atoms with van der Waals surface area (Å²) in [6.07, 6.45) is -0.316. The number of ether oxygens (including phenoxy) is 1. The van der Waals surface area contributed by atoms with Gasteiger partial charge >= 0.3 is 5.97 Å². The van der Waals surface area contributed by atoms with Crippen molar-refractivity contribution in [3.63, 3.8) is 0 Å². The lowest BCUT2D eigenvalue weighted by Gasteiger charge is -2.21. The normalized spacial score (nSPS) is 13.8. The summed E-state index contributed by atoms with van der Waals surface area (Å²) in [5, 5.41) is 10.9. The number of nitrogens with zero attached hydrogens (tertiary/aromatic N) is 2. The van der Waals surface area contributed by atoms with Gasteiger partial charge in [-0.2, -0.15) is 0 Å². The van der Waals surface area contributed by atoms with Crippen LogP contribution in [0, 0.1) is 10.1 Å². The topological polar surface area (TPSA) is 89.7 Å². The predicted molar refractivity (Wildman–Crippen MR) is 95.5 cm³/mol. The second kappa shape index (κ2) is 7.13. The fraction of sp³-hybridized carbons (Fsp3) is 0.222. The lowest BCUT2D eigenvalue weighted by Crippen LogP contribution is -2.39. The van der Waals surface area contributed by atoms with E-state index in [1.54, 1.807) is 4.90 Å². The zero-order valence-corrected chi connectivity index (χ0v) is 14.6. The van der Waals surface area contributed by atoms with Crippen LogP contribution in [0.3, 0.4) is 0 Å². The summed E-state index contributed by atoms with van der Waals surface area (Å²) in [5.74, 6) is -1.24. The number of hydrogen-bond donors (Lipinski definition) is 0. The average molecular weight is 375 g/mol. The second-order valence-corrected chi connectivity index (χ2v) is 6.24. The van der Waals surface area contributed by atoms with Crippen molar-refractivity contribution >= 4 is 34.9 Å². The van der Waals surface area contributed by atoms with Crippen molar-refractivity contribution < 1.29 is 19.2 Å². The predicted octanol–water partition coefficient (Wildman–Crippen LogP) is 3.38. The van der Waals surface area contributed by atoms with Crippen LogP contribution in [0.5, 0.6) is 0 Å². The van der Waals surface area contributed by atoms with Crippen LogP contribution in [0.15, 0.2) is 42.5 Å². The van der Waals surface area contributed by atoms with E-state index in [4.69, 9.17) is 16.3 Å². The van der Waals surface area contributed by atoms with Crippen molar-refractivity contribution in [1.29, 1.82) is 0 Å². The maximum absolute atomic E-state index is 12.6. The highest BCUT2D eigenvalue weighted by molar-refractivity contribution is 6.33. The van der Waals surface area contributed by atoms with Gasteiger partial charge in [-0.3, -0.25) is 14.9 Å². The molecule has 1 aliphatic rings. The fourth-order valence-corrected chi connectivity index (χ4v) is 3.04. The Morgan fingerprint density at radius 3 is 2.73 bits per heavy atom. The molecule has 0 aliphatic carbocycles. The molecule has 2 aromatic rings. The lowest BCUT2D eigenvalue weighted by molar-refractivity contribution is -0.384. The maximum atomic E-state index is 12.6. The van der Waals surface area contributed by atoms with Crippen molar-refractivity contribution in [1.82, 2.24) is 0 Å². The highest BCUT2D eigenvalue weighted by atomic mass is 35.5. The Morgan fingerprint density at radius 1 is 1.27 bits per heavy atom. The SMILES string of the molecule is CC(OC(=O)c1cc([N+](=O)[O-])ccc1Cl)C(=O)N1CCc2ccccc21. The minimum Gasteiger partial charge on any atom is -0.449 e. The van der Waals surface area contributed by atoms with E-state index in [0.717, 1.165) is 23.7 Å². The number of para-hydroxylation sites is 1. The number of carbonyl (C=O) groups is 2. The maximum Gasteiger partial charge on any atom is 0.340 e. The number of fused-ring (bicyclic) bond motifs is 1. The number of hydrogen-bond acceptors (Lipinski definition) is 5. The molecule has 0 saturated carbocycles. The molecule has 0 bridgehead atoms. The van der Waals surface area contributed by atoms with Crippen LogP contribution in [0.25, 0.3) is 0 Å². The number of nitro groups is 1. The third kappa shape index (κ3) is 3.39. The summed E-state index contributed by atoms with van der Waals surface area (Å²) in [4.78, 5) is 36.8. The van der Waals surface area contributed by atoms with Crippen LogP contribution >= 0.6 is 11.6 Å². The molecular formula is C18H15ClN2O5. The van der Waals surface area contributed by atoms with Crippen molar-refractivity contribution in [3.8, 4) is 0 Å². The molecule has 2 aromatic carbocycles. The summed E-state index contributed by atoms with van der Waals surface area (Å²) < 4.78 is 5.20. The smallest absolute Gasteiger partial charge is 0.340 e. The molecule has 3 rings (SSSR count). The number of carbonyl (C=O) groups excluding carboxylic acids is 2. The summed E-state index contributed by atoms with van der Waals surface area (Å²) in [6, 6.07) is 11.0. The van der Waals surface area contributed by atoms with E-state index in [1.165, 1.54) is 19.1 Å². The van der Waals surface area contributed by atoms with Crippen LogP contribution in [0.1, 0.15) is 22.8 Å². The van der Waals surface area contributed by atoms with Crippen molar-refractivity contribution in [2.45, 2.75) is 19.4 Å². The molecule has 7 nitrogen and oxygen atoms in total. The molecule has 0 N–H and O–H groups in total. The molecular weight excluding hydrogens is 360 g/mol. The van der Waals surface area contributed by atoms with E-state index >= 15 is 0 Å². The van der Waals surface area contributed by atoms with E-state index in [-0.39, 0.29) is 22.2 Å². The van der Waals surface area contributed by atoms with E-state index < -0.39 is 17.0 Å². The Hall–Kier alpha value is -2.93. The monoisotopic (exact) mass is 374 g/mol. The number of esters is 1. The lowest BCUT2D eigenvalue weighted by atomic mass is 10.2. The average Bonchev–Trinajstić information content (AvgIpc) is 3.05. The zero-order valence-electron chi connectivity index (χ0n) is 13.8. The molecule has 1 atom stereocenters. The molecule has 1 aliphatic heterocycles. The van der Waals surface area contributed by atoms with Gasteiger partial charge in [0, 0.05) is 24.4 Å². The molecule has 134 valence electrons. The number of benzene rings is 2. The van der Waals surface area contributed by atoms with Crippen molar-refractivity contribution in [2.75, 3.05) is 11.4 Å². The first-order valence-electron chi connectivity index (χ1n) is 7.92. The third-order valence-corrected chi connectivity index (χ3v) is 4.50. The molecule has 8 heteroatoms. The van der Waals surface area contributed by atoms with Gasteiger partial charge in [0.05, 0.1) is 15.5 Å². The van der Waals surface area contributed by atoms with Gasteiger partial charge in [0.2, 0.25) is 0 Å². The first-order valence-corrected chi connectivity index (χ1v) is 8.30. The van der Waals surface area contributed by atoms with Gasteiger partial charge in [-0.25, -0.2) is 4.79 Å². The number of nitro benzene ring substituents is 1. The van der Waals surface area contributed by atoms with E-state index in [2.05, 4.69) is 0 Å². The quantitative estimate of drug-likeness (QED) is 0.465. The minimum atomic E-state index is -1.05. The highest BCUT2D eigenvalue weighted by Crippen LogP contribution is 2.29. The van der Waals surface area contributed by atoms with E-state index in [9.17, 15) is 19.7 Å². The van der Waals surface area contributed by atoms with Gasteiger partial charge in [0.1, 0.15) is 0 Å². The van der Waals surface area contributed by atoms with Crippen LogP contribution in [0.2, 0.25) is 5.02 Å². The number of halogens is 1. The van der Waals surface area contributed by atoms with Gasteiger partial charge in [0.15, 0.2) is 6.10 Å². The van der Waals surface area contributed by atoms with Crippen molar-refractivity contribution in [3.05, 3.63) is 68.7 Å². The van der Waals surface area contributed by atoms with Gasteiger partial charge < -0.3 is 9.64 Å². The minimum absolute atomic E-state index is 0.0202. The summed E-state index contributed by atoms with van der Waals surface area (Å²) in [7, 11) is 0. The van der Waals surface area contributed by atoms with Crippen LogP contribution < -0.4 is 4.90 Å². The van der Waals surface area contributed by atoms with Crippen LogP contribution in [-0.2, 0) is 16.0 Å². The van der Waals surface area contributed by atoms with Gasteiger partial charge in [0.25, 0.3) is 11.6 Å². The molecule has 0 aromatic heterocycles. The molecule has 0 spiro atoms. The summed E-state index contributed by atoms with van der Waals surface area (Å²) in [5.41, 5.74) is 1.42. The number of amides is 1. The first-order chi connectivity index (χ1) is 12.4. The molecule has 0 saturated heterocycles. The summed E-state index contributed by atoms with van der Waals surface area (Å²) >= 11 is 5.93. The summed E-state index contributed by atoms with van der Waals surface area (Å²) in [6.45, 7) is 1.98. The van der Waals surface area contributed by atoms with Gasteiger partial charge in [-0.1, -0.05) is 29.8 Å². The molecule has 1 amide bonds. The fourth-order valence-electron chi connectivity index (χ4n) is 2.84. The second-order valence-electron chi connectivity index (χ2n) is 5.84. The number of rotatable bonds is 4. The number of non-ortho nitro benzene ring substituents is 1. The first kappa shape index (κ1) is 17.9. The Morgan fingerprint density at radius 2 is 2.00 bits per heavy atom. The molecule has 1 unspecified atom stereocenters. The van der Waals surface area contributed by atoms with Crippen molar-refractivity contribution in [2.24, 2.45) is 0 Å². The van der Waals surface area contributed by atoms with Gasteiger partial charge in [-0.05, 0) is 31.0 Å². The Balaban J connectivity index is 1.75. The Labute approximate surface area is 154 Å². The van der Waals surface area contributed by atoms with E-state index in [0.29, 0.717) is 6.54 Å². The standard InChI is InChI=1S/C18H15ClN2O5/c1-11(17(22)20-9-8-12-4-2-3-5-16(12)20)26-18(23)14-10-13(21(24)25)6-7-15(14)19/h2-7,10-11H,8-9H2,1H3. The van der Waals surface area contributed by atoms with Gasteiger partial charge in [-0.15, -0.1) is 0 Å². The van der Waals surface area contributed by atoms with E-state index in [1.807, 2.05) is 24.3 Å². The Kier molecular flexibility index (Phi) is 4.90. The third-order valence-electron chi connectivity index (χ3n) is 4.17. The molecule has 26 heavy (non-hydrogen) atoms. The highest BCUT2D eigenvalue weighted by Gasteiger charge is 2.30. The molecule has 0 radical (unpaired) electrons. The Bertz CT molecular complexity index is 899. The molecule has 1 heterocycles. The zero-order chi connectivity index (χ0) is 18.8. The molecule has 0 fully saturated rings. The number of anilines is 1. The van der Waals surface area contributed by atoms with Crippen LogP contribution in [-0.4, -0.2) is 29.4 Å². The largest absolute Gasteiger partial charge is 0.449 e. The van der Waals surface area contributed by atoms with Crippen LogP contribution in [0.4, 0.5) is 11.4 Å².